The summed E-state index contributed by atoms with van der Waals surface area (Å²) >= 11 is 0. The molecule has 19 heavy (non-hydrogen) atoms. The van der Waals surface area contributed by atoms with Crippen molar-refractivity contribution >= 4 is 15.9 Å². The number of rotatable bonds is 7. The first-order chi connectivity index (χ1) is 8.92. The van der Waals surface area contributed by atoms with Gasteiger partial charge in [-0.05, 0) is 18.1 Å². The fourth-order valence-electron chi connectivity index (χ4n) is 1.51. The minimum Gasteiger partial charge on any atom is -0.355 e. The van der Waals surface area contributed by atoms with Gasteiger partial charge in [0.2, 0.25) is 15.9 Å². The van der Waals surface area contributed by atoms with E-state index in [-0.39, 0.29) is 23.9 Å². The van der Waals surface area contributed by atoms with Crippen LogP contribution in [0.1, 0.15) is 20.3 Å². The number of hydrogen-bond acceptors (Lipinski definition) is 3. The molecule has 1 amide bonds. The molecule has 1 aromatic rings. The Balaban J connectivity index is 2.35. The highest BCUT2D eigenvalue weighted by Gasteiger charge is 2.12. The molecular weight excluding hydrogens is 264 g/mol. The fraction of sp³-hybridized carbons (Fsp3) is 0.462. The molecule has 0 unspecified atom stereocenters. The van der Waals surface area contributed by atoms with Gasteiger partial charge in [-0.15, -0.1) is 0 Å². The van der Waals surface area contributed by atoms with Gasteiger partial charge in [-0.2, -0.15) is 0 Å². The number of hydrogen-bond donors (Lipinski definition) is 2. The van der Waals surface area contributed by atoms with E-state index in [9.17, 15) is 13.2 Å². The second kappa shape index (κ2) is 7.25. The Morgan fingerprint density at radius 3 is 2.37 bits per heavy atom. The lowest BCUT2D eigenvalue weighted by Gasteiger charge is -2.09. The average molecular weight is 284 g/mol. The maximum Gasteiger partial charge on any atom is 0.240 e. The van der Waals surface area contributed by atoms with Crippen LogP contribution in [0.5, 0.6) is 0 Å². The summed E-state index contributed by atoms with van der Waals surface area (Å²) in [7, 11) is -3.48. The molecule has 0 aliphatic carbocycles. The lowest BCUT2D eigenvalue weighted by Crippen LogP contribution is -2.35. The summed E-state index contributed by atoms with van der Waals surface area (Å²) in [6.45, 7) is 4.38. The molecule has 2 N–H and O–H groups in total. The number of carbonyl (C=O) groups is 1. The predicted octanol–water partition coefficient (Wildman–Crippen LogP) is 1.13. The molecule has 5 nitrogen and oxygen atoms in total. The molecular formula is C13H20N2O3S. The molecule has 6 heteroatoms. The van der Waals surface area contributed by atoms with Crippen LogP contribution in [-0.2, 0) is 14.8 Å². The molecule has 0 aliphatic rings. The van der Waals surface area contributed by atoms with Crippen LogP contribution in [0.25, 0.3) is 0 Å². The van der Waals surface area contributed by atoms with Gasteiger partial charge in [0.25, 0.3) is 0 Å². The van der Waals surface area contributed by atoms with Gasteiger partial charge in [-0.3, -0.25) is 4.79 Å². The summed E-state index contributed by atoms with van der Waals surface area (Å²) in [5, 5.41) is 2.67. The highest BCUT2D eigenvalue weighted by Crippen LogP contribution is 2.06. The zero-order chi connectivity index (χ0) is 14.3. The van der Waals surface area contributed by atoms with Crippen molar-refractivity contribution in [3.05, 3.63) is 30.3 Å². The normalized spacial score (nSPS) is 11.5. The van der Waals surface area contributed by atoms with Crippen molar-refractivity contribution in [1.29, 1.82) is 0 Å². The SMILES string of the molecule is CC(C)CC(=O)NCCNS(=O)(=O)c1ccccc1. The summed E-state index contributed by atoms with van der Waals surface area (Å²) in [6.07, 6.45) is 0.450. The fourth-order valence-corrected chi connectivity index (χ4v) is 2.57. The van der Waals surface area contributed by atoms with E-state index < -0.39 is 10.0 Å². The number of nitrogens with one attached hydrogen (secondary N) is 2. The van der Waals surface area contributed by atoms with E-state index in [1.165, 1.54) is 12.1 Å². The van der Waals surface area contributed by atoms with Crippen LogP contribution in [0.3, 0.4) is 0 Å². The average Bonchev–Trinajstić information content (AvgIpc) is 2.35. The lowest BCUT2D eigenvalue weighted by molar-refractivity contribution is -0.121. The van der Waals surface area contributed by atoms with Crippen LogP contribution in [-0.4, -0.2) is 27.4 Å². The third-order valence-electron chi connectivity index (χ3n) is 2.39. The minimum atomic E-state index is -3.48. The summed E-state index contributed by atoms with van der Waals surface area (Å²) < 4.78 is 26.1. The maximum atomic E-state index is 11.8. The number of benzene rings is 1. The van der Waals surface area contributed by atoms with Crippen LogP contribution in [0.2, 0.25) is 0 Å². The van der Waals surface area contributed by atoms with E-state index in [2.05, 4.69) is 10.0 Å². The van der Waals surface area contributed by atoms with Gasteiger partial charge in [0.15, 0.2) is 0 Å². The Morgan fingerprint density at radius 1 is 1.16 bits per heavy atom. The highest BCUT2D eigenvalue weighted by atomic mass is 32.2. The summed E-state index contributed by atoms with van der Waals surface area (Å²) in [5.74, 6) is 0.231. The van der Waals surface area contributed by atoms with Gasteiger partial charge < -0.3 is 5.32 Å². The molecule has 0 spiro atoms. The molecule has 1 aromatic carbocycles. The van der Waals surface area contributed by atoms with Crippen LogP contribution >= 0.6 is 0 Å². The molecule has 0 heterocycles. The molecule has 0 bridgehead atoms. The highest BCUT2D eigenvalue weighted by molar-refractivity contribution is 7.89. The molecule has 0 aliphatic heterocycles. The quantitative estimate of drug-likeness (QED) is 0.737. The van der Waals surface area contributed by atoms with Crippen molar-refractivity contribution in [3.8, 4) is 0 Å². The van der Waals surface area contributed by atoms with Crippen LogP contribution in [0.15, 0.2) is 35.2 Å². The van der Waals surface area contributed by atoms with Gasteiger partial charge in [0.05, 0.1) is 4.90 Å². The van der Waals surface area contributed by atoms with Crippen LogP contribution < -0.4 is 10.0 Å². The molecule has 0 radical (unpaired) electrons. The predicted molar refractivity (Wildman–Crippen MR) is 74.1 cm³/mol. The molecule has 0 aromatic heterocycles. The Labute approximate surface area is 114 Å². The van der Waals surface area contributed by atoms with Crippen LogP contribution in [0, 0.1) is 5.92 Å². The zero-order valence-corrected chi connectivity index (χ0v) is 12.0. The van der Waals surface area contributed by atoms with E-state index in [1.807, 2.05) is 13.8 Å². The maximum absolute atomic E-state index is 11.8. The molecule has 106 valence electrons. The second-order valence-corrected chi connectivity index (χ2v) is 6.43. The van der Waals surface area contributed by atoms with Gasteiger partial charge in [-0.1, -0.05) is 32.0 Å². The summed E-state index contributed by atoms with van der Waals surface area (Å²) in [4.78, 5) is 11.6. The summed E-state index contributed by atoms with van der Waals surface area (Å²) in [5.41, 5.74) is 0. The van der Waals surface area contributed by atoms with Gasteiger partial charge in [-0.25, -0.2) is 13.1 Å². The lowest BCUT2D eigenvalue weighted by atomic mass is 10.1. The first-order valence-corrected chi connectivity index (χ1v) is 7.71. The molecule has 0 saturated carbocycles. The van der Waals surface area contributed by atoms with Crippen molar-refractivity contribution in [1.82, 2.24) is 10.0 Å². The molecule has 0 saturated heterocycles. The topological polar surface area (TPSA) is 75.3 Å². The van der Waals surface area contributed by atoms with Gasteiger partial charge >= 0.3 is 0 Å². The molecule has 0 fully saturated rings. The van der Waals surface area contributed by atoms with Gasteiger partial charge in [0, 0.05) is 19.5 Å². The Morgan fingerprint density at radius 2 is 1.79 bits per heavy atom. The third kappa shape index (κ3) is 5.85. The first-order valence-electron chi connectivity index (χ1n) is 6.23. The largest absolute Gasteiger partial charge is 0.355 e. The minimum absolute atomic E-state index is 0.0612. The Bertz CT molecular complexity index is 498. The van der Waals surface area contributed by atoms with E-state index in [0.717, 1.165) is 0 Å². The monoisotopic (exact) mass is 284 g/mol. The Hall–Kier alpha value is -1.40. The van der Waals surface area contributed by atoms with E-state index >= 15 is 0 Å². The summed E-state index contributed by atoms with van der Waals surface area (Å²) in [6, 6.07) is 8.14. The van der Waals surface area contributed by atoms with Crippen LogP contribution in [0.4, 0.5) is 0 Å². The standard InChI is InChI=1S/C13H20N2O3S/c1-11(2)10-13(16)14-8-9-15-19(17,18)12-6-4-3-5-7-12/h3-7,11,15H,8-10H2,1-2H3,(H,14,16). The number of sulfonamides is 1. The van der Waals surface area contributed by atoms with E-state index in [0.29, 0.717) is 12.3 Å². The van der Waals surface area contributed by atoms with Crippen molar-refractivity contribution in [2.24, 2.45) is 5.92 Å². The van der Waals surface area contributed by atoms with E-state index in [4.69, 9.17) is 0 Å². The second-order valence-electron chi connectivity index (χ2n) is 4.66. The molecule has 1 rings (SSSR count). The van der Waals surface area contributed by atoms with E-state index in [1.54, 1.807) is 18.2 Å². The first kappa shape index (κ1) is 15.7. The molecule has 0 atom stereocenters. The zero-order valence-electron chi connectivity index (χ0n) is 11.2. The van der Waals surface area contributed by atoms with Gasteiger partial charge in [0.1, 0.15) is 0 Å². The number of carbonyl (C=O) groups excluding carboxylic acids is 1. The van der Waals surface area contributed by atoms with Crippen molar-refractivity contribution in [2.45, 2.75) is 25.2 Å². The third-order valence-corrected chi connectivity index (χ3v) is 3.86. The van der Waals surface area contributed by atoms with Crippen molar-refractivity contribution < 1.29 is 13.2 Å². The van der Waals surface area contributed by atoms with Crippen molar-refractivity contribution in [2.75, 3.05) is 13.1 Å². The van der Waals surface area contributed by atoms with Crippen molar-refractivity contribution in [3.63, 3.8) is 0 Å². The smallest absolute Gasteiger partial charge is 0.240 e. The number of amides is 1. The Kier molecular flexibility index (Phi) is 5.98.